The van der Waals surface area contributed by atoms with Crippen molar-refractivity contribution in [3.05, 3.63) is 0 Å². The number of amides is 1. The van der Waals surface area contributed by atoms with Crippen LogP contribution in [0.5, 0.6) is 0 Å². The first-order valence-electron chi connectivity index (χ1n) is 7.65. The molecule has 1 fully saturated rings. The van der Waals surface area contributed by atoms with Crippen LogP contribution in [0.1, 0.15) is 39.5 Å². The third-order valence-corrected chi connectivity index (χ3v) is 4.13. The van der Waals surface area contributed by atoms with Gasteiger partial charge in [0.2, 0.25) is 5.91 Å². The fraction of sp³-hybridized carbons (Fsp3) is 0.867. The lowest BCUT2D eigenvalue weighted by Gasteiger charge is -2.34. The summed E-state index contributed by atoms with van der Waals surface area (Å²) in [6.07, 6.45) is 4.40. The van der Waals surface area contributed by atoms with E-state index in [1.165, 1.54) is 19.8 Å². The molecule has 1 unspecified atom stereocenters. The van der Waals surface area contributed by atoms with Crippen LogP contribution in [0.25, 0.3) is 0 Å². The first-order chi connectivity index (χ1) is 9.45. The molecule has 0 aromatic carbocycles. The summed E-state index contributed by atoms with van der Waals surface area (Å²) >= 11 is 0. The maximum atomic E-state index is 11.9. The molecule has 5 nitrogen and oxygen atoms in total. The van der Waals surface area contributed by atoms with Gasteiger partial charge in [0.05, 0.1) is 0 Å². The molecule has 0 bridgehead atoms. The highest BCUT2D eigenvalue weighted by atomic mass is 16.4. The van der Waals surface area contributed by atoms with E-state index in [0.717, 1.165) is 25.9 Å². The van der Waals surface area contributed by atoms with Gasteiger partial charge in [-0.3, -0.25) is 9.59 Å². The lowest BCUT2D eigenvalue weighted by atomic mass is 9.95. The van der Waals surface area contributed by atoms with Gasteiger partial charge >= 0.3 is 5.97 Å². The molecule has 0 radical (unpaired) electrons. The summed E-state index contributed by atoms with van der Waals surface area (Å²) in [5, 5.41) is 8.88. The standard InChI is InChI=1S/C15H28N2O3/c1-4-5-8-16(3)11-13-6-9-17(10-7-13)14(18)12(2)15(19)20/h12-13H,4-11H2,1-3H3,(H,19,20). The summed E-state index contributed by atoms with van der Waals surface area (Å²) in [4.78, 5) is 26.9. The SMILES string of the molecule is CCCCN(C)CC1CCN(C(=O)C(C)C(=O)O)CC1. The van der Waals surface area contributed by atoms with Crippen LogP contribution in [-0.4, -0.2) is 60.0 Å². The Morgan fingerprint density at radius 2 is 1.95 bits per heavy atom. The van der Waals surface area contributed by atoms with E-state index in [-0.39, 0.29) is 5.91 Å². The van der Waals surface area contributed by atoms with E-state index in [0.29, 0.717) is 19.0 Å². The Morgan fingerprint density at radius 3 is 2.45 bits per heavy atom. The largest absolute Gasteiger partial charge is 0.481 e. The molecular weight excluding hydrogens is 256 g/mol. The second kappa shape index (κ2) is 8.25. The zero-order valence-corrected chi connectivity index (χ0v) is 13.0. The normalized spacial score (nSPS) is 18.3. The van der Waals surface area contributed by atoms with Crippen LogP contribution in [0.3, 0.4) is 0 Å². The zero-order valence-electron chi connectivity index (χ0n) is 13.0. The summed E-state index contributed by atoms with van der Waals surface area (Å²) in [5.41, 5.74) is 0. The number of carboxylic acids is 1. The Balaban J connectivity index is 2.32. The van der Waals surface area contributed by atoms with Gasteiger partial charge in [-0.1, -0.05) is 13.3 Å². The third kappa shape index (κ3) is 5.12. The summed E-state index contributed by atoms with van der Waals surface area (Å²) in [6.45, 7) is 7.27. The molecule has 1 rings (SSSR count). The Hall–Kier alpha value is -1.10. The Kier molecular flexibility index (Phi) is 6.99. The molecule has 0 aromatic rings. The average Bonchev–Trinajstić information content (AvgIpc) is 2.44. The molecule has 1 atom stereocenters. The molecule has 0 aromatic heterocycles. The third-order valence-electron chi connectivity index (χ3n) is 4.13. The second-order valence-corrected chi connectivity index (χ2v) is 5.94. The minimum atomic E-state index is -1.03. The summed E-state index contributed by atoms with van der Waals surface area (Å²) in [5.74, 6) is -1.56. The number of carbonyl (C=O) groups excluding carboxylic acids is 1. The van der Waals surface area contributed by atoms with E-state index in [1.54, 1.807) is 4.90 Å². The number of hydrogen-bond donors (Lipinski definition) is 1. The minimum Gasteiger partial charge on any atom is -0.481 e. The van der Waals surface area contributed by atoms with Crippen LogP contribution in [0.4, 0.5) is 0 Å². The van der Waals surface area contributed by atoms with Gasteiger partial charge in [0.1, 0.15) is 5.92 Å². The van der Waals surface area contributed by atoms with Crippen LogP contribution >= 0.6 is 0 Å². The predicted molar refractivity (Wildman–Crippen MR) is 78.5 cm³/mol. The fourth-order valence-electron chi connectivity index (χ4n) is 2.68. The van der Waals surface area contributed by atoms with E-state index in [1.807, 2.05) is 0 Å². The van der Waals surface area contributed by atoms with Gasteiger partial charge < -0.3 is 14.9 Å². The van der Waals surface area contributed by atoms with Gasteiger partial charge in [-0.2, -0.15) is 0 Å². The lowest BCUT2D eigenvalue weighted by Crippen LogP contribution is -2.44. The number of rotatable bonds is 7. The van der Waals surface area contributed by atoms with Crippen molar-refractivity contribution in [2.24, 2.45) is 11.8 Å². The molecule has 1 heterocycles. The number of likely N-dealkylation sites (tertiary alicyclic amines) is 1. The first-order valence-corrected chi connectivity index (χ1v) is 7.65. The summed E-state index contributed by atoms with van der Waals surface area (Å²) in [7, 11) is 2.15. The van der Waals surface area contributed by atoms with E-state index >= 15 is 0 Å². The maximum absolute atomic E-state index is 11.9. The quantitative estimate of drug-likeness (QED) is 0.723. The molecule has 1 amide bonds. The molecule has 1 saturated heterocycles. The Morgan fingerprint density at radius 1 is 1.35 bits per heavy atom. The second-order valence-electron chi connectivity index (χ2n) is 5.94. The molecule has 5 heteroatoms. The number of carboxylic acid groups (broad SMARTS) is 1. The first kappa shape index (κ1) is 17.0. The Bertz CT molecular complexity index is 325. The summed E-state index contributed by atoms with van der Waals surface area (Å²) < 4.78 is 0. The maximum Gasteiger partial charge on any atom is 0.315 e. The van der Waals surface area contributed by atoms with E-state index in [2.05, 4.69) is 18.9 Å². The topological polar surface area (TPSA) is 60.9 Å². The number of nitrogens with zero attached hydrogens (tertiary/aromatic N) is 2. The lowest BCUT2D eigenvalue weighted by molar-refractivity contribution is -0.150. The van der Waals surface area contributed by atoms with Crippen molar-refractivity contribution in [3.8, 4) is 0 Å². The molecule has 1 aliphatic heterocycles. The van der Waals surface area contributed by atoms with Gasteiger partial charge in [0.25, 0.3) is 0 Å². The van der Waals surface area contributed by atoms with E-state index in [4.69, 9.17) is 5.11 Å². The van der Waals surface area contributed by atoms with Crippen molar-refractivity contribution in [1.29, 1.82) is 0 Å². The molecule has 0 saturated carbocycles. The molecule has 1 N–H and O–H groups in total. The molecule has 116 valence electrons. The van der Waals surface area contributed by atoms with E-state index < -0.39 is 11.9 Å². The smallest absolute Gasteiger partial charge is 0.315 e. The number of hydrogen-bond acceptors (Lipinski definition) is 3. The van der Waals surface area contributed by atoms with Crippen LogP contribution in [0.15, 0.2) is 0 Å². The van der Waals surface area contributed by atoms with Gasteiger partial charge in [-0.25, -0.2) is 0 Å². The summed E-state index contributed by atoms with van der Waals surface area (Å²) in [6, 6.07) is 0. The van der Waals surface area contributed by atoms with Gasteiger partial charge in [0.15, 0.2) is 0 Å². The highest BCUT2D eigenvalue weighted by molar-refractivity contribution is 5.96. The molecule has 0 spiro atoms. The van der Waals surface area contributed by atoms with Crippen molar-refractivity contribution in [2.45, 2.75) is 39.5 Å². The van der Waals surface area contributed by atoms with Crippen molar-refractivity contribution in [3.63, 3.8) is 0 Å². The fourth-order valence-corrected chi connectivity index (χ4v) is 2.68. The number of piperidine rings is 1. The molecule has 20 heavy (non-hydrogen) atoms. The minimum absolute atomic E-state index is 0.240. The number of carbonyl (C=O) groups is 2. The molecule has 1 aliphatic rings. The van der Waals surface area contributed by atoms with Crippen molar-refractivity contribution >= 4 is 11.9 Å². The van der Waals surface area contributed by atoms with E-state index in [9.17, 15) is 9.59 Å². The van der Waals surface area contributed by atoms with Crippen LogP contribution in [0.2, 0.25) is 0 Å². The van der Waals surface area contributed by atoms with Gasteiger partial charge in [-0.15, -0.1) is 0 Å². The average molecular weight is 284 g/mol. The van der Waals surface area contributed by atoms with Crippen LogP contribution < -0.4 is 0 Å². The number of unbranched alkanes of at least 4 members (excludes halogenated alkanes) is 1. The van der Waals surface area contributed by atoms with Gasteiger partial charge in [0, 0.05) is 19.6 Å². The highest BCUT2D eigenvalue weighted by Crippen LogP contribution is 2.19. The highest BCUT2D eigenvalue weighted by Gasteiger charge is 2.29. The zero-order chi connectivity index (χ0) is 15.1. The van der Waals surface area contributed by atoms with Crippen LogP contribution in [-0.2, 0) is 9.59 Å². The predicted octanol–water partition coefficient (Wildman–Crippen LogP) is 1.68. The van der Waals surface area contributed by atoms with Crippen molar-refractivity contribution in [1.82, 2.24) is 9.80 Å². The van der Waals surface area contributed by atoms with Gasteiger partial charge in [-0.05, 0) is 45.7 Å². The Labute approximate surface area is 121 Å². The molecular formula is C15H28N2O3. The van der Waals surface area contributed by atoms with Crippen LogP contribution in [0, 0.1) is 11.8 Å². The molecule has 0 aliphatic carbocycles. The van der Waals surface area contributed by atoms with Crippen molar-refractivity contribution in [2.75, 3.05) is 33.2 Å². The van der Waals surface area contributed by atoms with Crippen molar-refractivity contribution < 1.29 is 14.7 Å². The monoisotopic (exact) mass is 284 g/mol. The number of aliphatic carboxylic acids is 1.